The second-order valence-corrected chi connectivity index (χ2v) is 5.04. The summed E-state index contributed by atoms with van der Waals surface area (Å²) in [5.41, 5.74) is 1.87. The van der Waals surface area contributed by atoms with Crippen LogP contribution in [0.1, 0.15) is 42.8 Å². The molecule has 0 aliphatic rings. The van der Waals surface area contributed by atoms with Gasteiger partial charge in [0.15, 0.2) is 5.75 Å². The van der Waals surface area contributed by atoms with Crippen molar-refractivity contribution in [3.05, 3.63) is 47.0 Å². The van der Waals surface area contributed by atoms with Crippen LogP contribution in [0, 0.1) is 12.7 Å². The van der Waals surface area contributed by atoms with E-state index in [1.54, 1.807) is 16.9 Å². The lowest BCUT2D eigenvalue weighted by Gasteiger charge is -2.19. The van der Waals surface area contributed by atoms with Gasteiger partial charge in [0.1, 0.15) is 17.6 Å². The van der Waals surface area contributed by atoms with Crippen LogP contribution in [0.5, 0.6) is 5.75 Å². The molecule has 0 fully saturated rings. The average Bonchev–Trinajstić information content (AvgIpc) is 2.84. The fourth-order valence-electron chi connectivity index (χ4n) is 2.24. The van der Waals surface area contributed by atoms with E-state index in [9.17, 15) is 9.50 Å². The summed E-state index contributed by atoms with van der Waals surface area (Å²) in [5.74, 6) is 0.120. The first-order valence-electron chi connectivity index (χ1n) is 6.51. The zero-order chi connectivity index (χ0) is 14.9. The van der Waals surface area contributed by atoms with Gasteiger partial charge < -0.3 is 9.84 Å². The summed E-state index contributed by atoms with van der Waals surface area (Å²) < 4.78 is 20.4. The molecule has 0 bridgehead atoms. The molecule has 20 heavy (non-hydrogen) atoms. The van der Waals surface area contributed by atoms with Gasteiger partial charge in [-0.2, -0.15) is 5.10 Å². The van der Waals surface area contributed by atoms with Crippen molar-refractivity contribution in [3.8, 4) is 5.75 Å². The second-order valence-electron chi connectivity index (χ2n) is 5.04. The maximum Gasteiger partial charge on any atom is 0.163 e. The number of hydrogen-bond acceptors (Lipinski definition) is 3. The van der Waals surface area contributed by atoms with Crippen molar-refractivity contribution >= 4 is 0 Å². The first-order chi connectivity index (χ1) is 9.45. The van der Waals surface area contributed by atoms with Gasteiger partial charge in [0.2, 0.25) is 0 Å². The fourth-order valence-corrected chi connectivity index (χ4v) is 2.24. The quantitative estimate of drug-likeness (QED) is 0.935. The number of ether oxygens (including phenoxy) is 1. The Morgan fingerprint density at radius 2 is 2.05 bits per heavy atom. The van der Waals surface area contributed by atoms with Gasteiger partial charge >= 0.3 is 0 Å². The molecule has 1 N–H and O–H groups in total. The SMILES string of the molecule is COc1cnn(C(C)C)c1C(O)c1cc(F)ccc1C. The first-order valence-corrected chi connectivity index (χ1v) is 6.51. The molecule has 0 radical (unpaired) electrons. The number of aliphatic hydroxyl groups excluding tert-OH is 1. The number of halogens is 1. The molecule has 0 saturated carbocycles. The smallest absolute Gasteiger partial charge is 0.163 e. The third-order valence-electron chi connectivity index (χ3n) is 3.30. The van der Waals surface area contributed by atoms with Gasteiger partial charge in [-0.05, 0) is 44.0 Å². The Balaban J connectivity index is 2.55. The molecule has 0 amide bonds. The molecule has 0 saturated heterocycles. The number of aryl methyl sites for hydroxylation is 1. The van der Waals surface area contributed by atoms with E-state index < -0.39 is 6.10 Å². The Hall–Kier alpha value is -1.88. The zero-order valence-electron chi connectivity index (χ0n) is 12.1. The number of benzene rings is 1. The summed E-state index contributed by atoms with van der Waals surface area (Å²) >= 11 is 0. The molecule has 0 aliphatic carbocycles. The average molecular weight is 278 g/mol. The Labute approximate surface area is 117 Å². The predicted molar refractivity (Wildman–Crippen MR) is 74.4 cm³/mol. The molecule has 1 unspecified atom stereocenters. The Kier molecular flexibility index (Phi) is 4.09. The standard InChI is InChI=1S/C15H19FN2O2/c1-9(2)18-14(13(20-4)8-17-18)15(19)12-7-11(16)6-5-10(12)3/h5-9,15,19H,1-4H3. The van der Waals surface area contributed by atoms with Crippen LogP contribution >= 0.6 is 0 Å². The van der Waals surface area contributed by atoms with Gasteiger partial charge in [0.25, 0.3) is 0 Å². The summed E-state index contributed by atoms with van der Waals surface area (Å²) in [7, 11) is 1.52. The van der Waals surface area contributed by atoms with Crippen LogP contribution in [0.15, 0.2) is 24.4 Å². The van der Waals surface area contributed by atoms with Gasteiger partial charge in [0, 0.05) is 6.04 Å². The van der Waals surface area contributed by atoms with E-state index in [0.29, 0.717) is 17.0 Å². The highest BCUT2D eigenvalue weighted by atomic mass is 19.1. The first kappa shape index (κ1) is 14.5. The van der Waals surface area contributed by atoms with Crippen molar-refractivity contribution in [3.63, 3.8) is 0 Å². The summed E-state index contributed by atoms with van der Waals surface area (Å²) in [6.45, 7) is 5.75. The molecule has 2 rings (SSSR count). The Morgan fingerprint density at radius 1 is 1.35 bits per heavy atom. The number of hydrogen-bond donors (Lipinski definition) is 1. The lowest BCUT2D eigenvalue weighted by molar-refractivity contribution is 0.198. The van der Waals surface area contributed by atoms with Crippen LogP contribution in [0.3, 0.4) is 0 Å². The maximum atomic E-state index is 13.4. The van der Waals surface area contributed by atoms with Gasteiger partial charge in [-0.15, -0.1) is 0 Å². The summed E-state index contributed by atoms with van der Waals surface area (Å²) in [6.07, 6.45) is 0.582. The van der Waals surface area contributed by atoms with Gasteiger partial charge in [-0.3, -0.25) is 4.68 Å². The number of aliphatic hydroxyl groups is 1. The van der Waals surface area contributed by atoms with Crippen molar-refractivity contribution in [2.24, 2.45) is 0 Å². The monoisotopic (exact) mass is 278 g/mol. The van der Waals surface area contributed by atoms with Gasteiger partial charge in [-0.25, -0.2) is 4.39 Å². The highest BCUT2D eigenvalue weighted by Gasteiger charge is 2.24. The molecular weight excluding hydrogens is 259 g/mol. The highest BCUT2D eigenvalue weighted by molar-refractivity contribution is 5.38. The molecule has 0 aliphatic heterocycles. The molecule has 2 aromatic rings. The molecule has 5 heteroatoms. The van der Waals surface area contributed by atoms with Crippen LogP contribution < -0.4 is 4.74 Å². The number of nitrogens with zero attached hydrogens (tertiary/aromatic N) is 2. The van der Waals surface area contributed by atoms with E-state index in [1.165, 1.54) is 19.2 Å². The molecule has 0 spiro atoms. The topological polar surface area (TPSA) is 47.3 Å². The van der Waals surface area contributed by atoms with Gasteiger partial charge in [0.05, 0.1) is 13.3 Å². The molecule has 1 heterocycles. The molecule has 1 aromatic heterocycles. The molecule has 108 valence electrons. The lowest BCUT2D eigenvalue weighted by Crippen LogP contribution is -2.14. The third kappa shape index (κ3) is 2.54. The normalized spacial score (nSPS) is 12.8. The van der Waals surface area contributed by atoms with Crippen LogP contribution in [0.4, 0.5) is 4.39 Å². The van der Waals surface area contributed by atoms with Crippen molar-refractivity contribution < 1.29 is 14.2 Å². The Morgan fingerprint density at radius 3 is 2.65 bits per heavy atom. The molecule has 1 atom stereocenters. The van der Waals surface area contributed by atoms with E-state index in [2.05, 4.69) is 5.10 Å². The van der Waals surface area contributed by atoms with E-state index in [1.807, 2.05) is 20.8 Å². The van der Waals surface area contributed by atoms with E-state index >= 15 is 0 Å². The van der Waals surface area contributed by atoms with Crippen LogP contribution in [-0.2, 0) is 0 Å². The van der Waals surface area contributed by atoms with Crippen molar-refractivity contribution in [1.29, 1.82) is 0 Å². The highest BCUT2D eigenvalue weighted by Crippen LogP contribution is 2.33. The maximum absolute atomic E-state index is 13.4. The summed E-state index contributed by atoms with van der Waals surface area (Å²) in [4.78, 5) is 0. The van der Waals surface area contributed by atoms with E-state index in [-0.39, 0.29) is 11.9 Å². The lowest BCUT2D eigenvalue weighted by atomic mass is 10.0. The number of rotatable bonds is 4. The minimum Gasteiger partial charge on any atom is -0.493 e. The van der Waals surface area contributed by atoms with E-state index in [0.717, 1.165) is 5.56 Å². The zero-order valence-corrected chi connectivity index (χ0v) is 12.1. The largest absolute Gasteiger partial charge is 0.493 e. The van der Waals surface area contributed by atoms with Crippen LogP contribution in [0.25, 0.3) is 0 Å². The predicted octanol–water partition coefficient (Wildman–Crippen LogP) is 3.00. The molecule has 1 aromatic carbocycles. The number of methoxy groups -OCH3 is 1. The van der Waals surface area contributed by atoms with Gasteiger partial charge in [-0.1, -0.05) is 6.07 Å². The summed E-state index contributed by atoms with van der Waals surface area (Å²) in [6, 6.07) is 4.44. The second kappa shape index (κ2) is 5.63. The van der Waals surface area contributed by atoms with Crippen molar-refractivity contribution in [1.82, 2.24) is 9.78 Å². The van der Waals surface area contributed by atoms with Crippen molar-refractivity contribution in [2.75, 3.05) is 7.11 Å². The van der Waals surface area contributed by atoms with Crippen LogP contribution in [0.2, 0.25) is 0 Å². The Bertz CT molecular complexity index is 608. The minimum absolute atomic E-state index is 0.0671. The summed E-state index contributed by atoms with van der Waals surface area (Å²) in [5, 5.41) is 14.8. The van der Waals surface area contributed by atoms with Crippen molar-refractivity contribution in [2.45, 2.75) is 32.9 Å². The molecule has 4 nitrogen and oxygen atoms in total. The van der Waals surface area contributed by atoms with E-state index in [4.69, 9.17) is 4.74 Å². The third-order valence-corrected chi connectivity index (χ3v) is 3.30. The van der Waals surface area contributed by atoms with Crippen LogP contribution in [-0.4, -0.2) is 22.0 Å². The minimum atomic E-state index is -0.981. The molecular formula is C15H19FN2O2. The number of aromatic nitrogens is 2. The fraction of sp³-hybridized carbons (Fsp3) is 0.400.